The molecule has 0 aliphatic heterocycles. The lowest BCUT2D eigenvalue weighted by atomic mass is 10.0. The van der Waals surface area contributed by atoms with Crippen molar-refractivity contribution in [2.24, 2.45) is 11.3 Å². The van der Waals surface area contributed by atoms with Crippen LogP contribution in [-0.2, 0) is 19.1 Å². The second-order valence-electron chi connectivity index (χ2n) is 3.59. The topological polar surface area (TPSA) is 52.6 Å². The highest BCUT2D eigenvalue weighted by Gasteiger charge is 2.67. The summed E-state index contributed by atoms with van der Waals surface area (Å²) in [5.41, 5.74) is 1.45. The zero-order valence-electron chi connectivity index (χ0n) is 9.62. The van der Waals surface area contributed by atoms with Gasteiger partial charge in [0.2, 0.25) is 0 Å². The highest BCUT2D eigenvalue weighted by molar-refractivity contribution is 6.04. The Bertz CT molecular complexity index is 321. The van der Waals surface area contributed by atoms with Crippen LogP contribution < -0.4 is 0 Å². The lowest BCUT2D eigenvalue weighted by molar-refractivity contribution is -0.164. The number of allylic oxidation sites excluding steroid dienone is 1. The fourth-order valence-electron chi connectivity index (χ4n) is 1.70. The van der Waals surface area contributed by atoms with E-state index in [-0.39, 0.29) is 19.1 Å². The van der Waals surface area contributed by atoms with E-state index in [9.17, 15) is 9.59 Å². The van der Waals surface area contributed by atoms with Crippen molar-refractivity contribution < 1.29 is 19.1 Å². The molecule has 4 heteroatoms. The van der Waals surface area contributed by atoms with E-state index in [4.69, 9.17) is 9.47 Å². The van der Waals surface area contributed by atoms with Gasteiger partial charge in [-0.3, -0.25) is 9.59 Å². The van der Waals surface area contributed by atoms with Gasteiger partial charge in [0, 0.05) is 5.92 Å². The quantitative estimate of drug-likeness (QED) is 0.403. The van der Waals surface area contributed by atoms with Crippen LogP contribution in [0.15, 0.2) is 18.4 Å². The molecule has 1 fully saturated rings. The molecule has 0 heterocycles. The Morgan fingerprint density at radius 2 is 1.88 bits per heavy atom. The minimum absolute atomic E-state index is 0.192. The van der Waals surface area contributed by atoms with Gasteiger partial charge in [-0.2, -0.15) is 0 Å². The Balaban J connectivity index is 2.84. The third-order valence-electron chi connectivity index (χ3n) is 2.61. The van der Waals surface area contributed by atoms with Crippen LogP contribution in [0.5, 0.6) is 0 Å². The minimum atomic E-state index is -1.14. The molecule has 4 nitrogen and oxygen atoms in total. The molecule has 88 valence electrons. The van der Waals surface area contributed by atoms with Crippen LogP contribution in [0, 0.1) is 11.3 Å². The molecular weight excluding hydrogens is 208 g/mol. The fourth-order valence-corrected chi connectivity index (χ4v) is 1.70. The molecule has 0 spiro atoms. The van der Waals surface area contributed by atoms with Crippen LogP contribution in [0.2, 0.25) is 0 Å². The van der Waals surface area contributed by atoms with E-state index in [1.165, 1.54) is 0 Å². The summed E-state index contributed by atoms with van der Waals surface area (Å²) in [5.74, 6) is -1.21. The van der Waals surface area contributed by atoms with Gasteiger partial charge in [-0.15, -0.1) is 5.73 Å². The van der Waals surface area contributed by atoms with Crippen LogP contribution in [-0.4, -0.2) is 25.2 Å². The molecule has 0 amide bonds. The van der Waals surface area contributed by atoms with Crippen molar-refractivity contribution >= 4 is 11.9 Å². The first-order valence-electron chi connectivity index (χ1n) is 5.33. The summed E-state index contributed by atoms with van der Waals surface area (Å²) in [7, 11) is 0. The number of hydrogen-bond donors (Lipinski definition) is 0. The molecule has 1 unspecified atom stereocenters. The Morgan fingerprint density at radius 3 is 2.25 bits per heavy atom. The third kappa shape index (κ3) is 2.02. The standard InChI is InChI=1S/C12H16O4/c1-4-7-9-8-12(9,10(13)15-5-2)11(14)16-6-3/h7,9H,1,5-6,8H2,2-3H3. The van der Waals surface area contributed by atoms with Gasteiger partial charge >= 0.3 is 11.9 Å². The molecule has 0 radical (unpaired) electrons. The van der Waals surface area contributed by atoms with Crippen molar-refractivity contribution in [2.45, 2.75) is 20.3 Å². The average molecular weight is 224 g/mol. The molecule has 0 aromatic heterocycles. The molecule has 1 aliphatic rings. The summed E-state index contributed by atoms with van der Waals surface area (Å²) < 4.78 is 9.81. The fraction of sp³-hybridized carbons (Fsp3) is 0.583. The first kappa shape index (κ1) is 12.5. The monoisotopic (exact) mass is 224 g/mol. The highest BCUT2D eigenvalue weighted by atomic mass is 16.6. The third-order valence-corrected chi connectivity index (χ3v) is 2.61. The van der Waals surface area contributed by atoms with E-state index < -0.39 is 17.4 Å². The molecule has 0 saturated heterocycles. The summed E-state index contributed by atoms with van der Waals surface area (Å²) in [6.07, 6.45) is 2.04. The highest BCUT2D eigenvalue weighted by Crippen LogP contribution is 2.55. The molecule has 1 rings (SSSR count). The van der Waals surface area contributed by atoms with Crippen molar-refractivity contribution in [1.29, 1.82) is 0 Å². The van der Waals surface area contributed by atoms with Crippen molar-refractivity contribution in [3.63, 3.8) is 0 Å². The Morgan fingerprint density at radius 1 is 1.38 bits per heavy atom. The maximum absolute atomic E-state index is 11.7. The van der Waals surface area contributed by atoms with E-state index in [1.807, 2.05) is 0 Å². The van der Waals surface area contributed by atoms with Gasteiger partial charge in [0.15, 0.2) is 5.41 Å². The first-order valence-corrected chi connectivity index (χ1v) is 5.33. The largest absolute Gasteiger partial charge is 0.465 e. The predicted octanol–water partition coefficient (Wildman–Crippen LogP) is 1.46. The summed E-state index contributed by atoms with van der Waals surface area (Å²) in [5, 5.41) is 0. The van der Waals surface area contributed by atoms with Gasteiger partial charge in [-0.1, -0.05) is 6.58 Å². The van der Waals surface area contributed by atoms with Gasteiger partial charge in [0.05, 0.1) is 13.2 Å². The zero-order chi connectivity index (χ0) is 12.2. The lowest BCUT2D eigenvalue weighted by Crippen LogP contribution is -2.31. The number of rotatable bonds is 5. The number of esters is 2. The number of hydrogen-bond acceptors (Lipinski definition) is 4. The normalized spacial score (nSPS) is 20.5. The maximum atomic E-state index is 11.7. The van der Waals surface area contributed by atoms with Crippen LogP contribution in [0.1, 0.15) is 20.3 Å². The molecule has 0 aromatic carbocycles. The predicted molar refractivity (Wildman–Crippen MR) is 57.5 cm³/mol. The van der Waals surface area contributed by atoms with E-state index in [1.54, 1.807) is 19.9 Å². The van der Waals surface area contributed by atoms with Gasteiger partial charge in [-0.05, 0) is 26.3 Å². The lowest BCUT2D eigenvalue weighted by Gasteiger charge is -2.13. The second kappa shape index (κ2) is 4.99. The van der Waals surface area contributed by atoms with Crippen LogP contribution in [0.4, 0.5) is 0 Å². The van der Waals surface area contributed by atoms with Gasteiger partial charge in [-0.25, -0.2) is 0 Å². The second-order valence-corrected chi connectivity index (χ2v) is 3.59. The summed E-state index contributed by atoms with van der Waals surface area (Å²) in [4.78, 5) is 23.5. The molecule has 1 saturated carbocycles. The van der Waals surface area contributed by atoms with E-state index in [0.29, 0.717) is 6.42 Å². The molecular formula is C12H16O4. The minimum Gasteiger partial charge on any atom is -0.465 e. The maximum Gasteiger partial charge on any atom is 0.324 e. The number of carbonyl (C=O) groups excluding carboxylic acids is 2. The van der Waals surface area contributed by atoms with Crippen molar-refractivity contribution in [2.75, 3.05) is 13.2 Å². The van der Waals surface area contributed by atoms with E-state index in [2.05, 4.69) is 12.3 Å². The van der Waals surface area contributed by atoms with Crippen LogP contribution in [0.25, 0.3) is 0 Å². The van der Waals surface area contributed by atoms with Crippen LogP contribution >= 0.6 is 0 Å². The molecule has 1 aliphatic carbocycles. The Kier molecular flexibility index (Phi) is 3.91. The van der Waals surface area contributed by atoms with Crippen molar-refractivity contribution in [3.8, 4) is 0 Å². The van der Waals surface area contributed by atoms with E-state index >= 15 is 0 Å². The van der Waals surface area contributed by atoms with Crippen LogP contribution in [0.3, 0.4) is 0 Å². The van der Waals surface area contributed by atoms with E-state index in [0.717, 1.165) is 0 Å². The molecule has 0 aromatic rings. The van der Waals surface area contributed by atoms with Crippen molar-refractivity contribution in [3.05, 3.63) is 18.4 Å². The zero-order valence-corrected chi connectivity index (χ0v) is 9.62. The smallest absolute Gasteiger partial charge is 0.324 e. The van der Waals surface area contributed by atoms with Gasteiger partial charge < -0.3 is 9.47 Å². The molecule has 0 bridgehead atoms. The molecule has 0 N–H and O–H groups in total. The van der Waals surface area contributed by atoms with Gasteiger partial charge in [0.1, 0.15) is 0 Å². The molecule has 16 heavy (non-hydrogen) atoms. The number of ether oxygens (including phenoxy) is 2. The Hall–Kier alpha value is -1.54. The molecule has 1 atom stereocenters. The number of carbonyl (C=O) groups is 2. The summed E-state index contributed by atoms with van der Waals surface area (Å²) in [6.45, 7) is 7.35. The Labute approximate surface area is 94.9 Å². The SMILES string of the molecule is C=C=CC1CC1(C(=O)OCC)C(=O)OCC. The average Bonchev–Trinajstić information content (AvgIpc) is 2.95. The van der Waals surface area contributed by atoms with Gasteiger partial charge in [0.25, 0.3) is 0 Å². The summed E-state index contributed by atoms with van der Waals surface area (Å²) in [6, 6.07) is 0. The summed E-state index contributed by atoms with van der Waals surface area (Å²) >= 11 is 0. The first-order chi connectivity index (χ1) is 7.63. The van der Waals surface area contributed by atoms with Crippen molar-refractivity contribution in [1.82, 2.24) is 0 Å².